The maximum atomic E-state index is 9.57. The molecule has 0 bridgehead atoms. The second-order valence-electron chi connectivity index (χ2n) is 2.33. The number of hydrogen-bond donors (Lipinski definition) is 0. The lowest BCUT2D eigenvalue weighted by molar-refractivity contribution is 0.126. The van der Waals surface area contributed by atoms with Crippen LogP contribution in [0.1, 0.15) is 11.1 Å². The summed E-state index contributed by atoms with van der Waals surface area (Å²) in [6.07, 6.45) is 0. The quantitative estimate of drug-likeness (QED) is 0.490. The Kier molecular flexibility index (Phi) is 2.60. The van der Waals surface area contributed by atoms with Gasteiger partial charge in [0.25, 0.3) is 0 Å². The van der Waals surface area contributed by atoms with Crippen LogP contribution in [0.3, 0.4) is 0 Å². The molecule has 0 spiro atoms. The van der Waals surface area contributed by atoms with Crippen molar-refractivity contribution in [2.24, 2.45) is 5.34 Å². The van der Waals surface area contributed by atoms with Gasteiger partial charge in [0, 0.05) is 0 Å². The molecule has 3 heteroatoms. The lowest BCUT2D eigenvalue weighted by atomic mass is 10.2. The molecule has 0 aliphatic rings. The van der Waals surface area contributed by atoms with Crippen molar-refractivity contribution in [2.75, 3.05) is 0 Å². The molecule has 0 saturated heterocycles. The molecule has 1 aromatic rings. The van der Waals surface area contributed by atoms with E-state index >= 15 is 0 Å². The Labute approximate surface area is 64.9 Å². The van der Waals surface area contributed by atoms with Gasteiger partial charge in [-0.1, -0.05) is 29.8 Å². The van der Waals surface area contributed by atoms with Crippen LogP contribution in [0.2, 0.25) is 0 Å². The molecule has 0 radical (unpaired) electrons. The fraction of sp³-hybridized carbons (Fsp3) is 0.250. The van der Waals surface area contributed by atoms with Gasteiger partial charge in [0.15, 0.2) is 5.34 Å². The third-order valence-electron chi connectivity index (χ3n) is 1.40. The summed E-state index contributed by atoms with van der Waals surface area (Å²) in [5.41, 5.74) is 2.14. The summed E-state index contributed by atoms with van der Waals surface area (Å²) in [6, 6.07) is 7.73. The molecule has 0 aliphatic heterocycles. The van der Waals surface area contributed by atoms with Gasteiger partial charge in [0.1, 0.15) is 6.61 Å². The molecule has 3 nitrogen and oxygen atoms in total. The summed E-state index contributed by atoms with van der Waals surface area (Å²) in [5.74, 6) is 0. The molecule has 1 aromatic carbocycles. The standard InChI is InChI=1S/C8H9NO2/c1-7-2-4-8(5-3-7)6-11-9-10/h2-5H,6H2,1H3. The van der Waals surface area contributed by atoms with Crippen molar-refractivity contribution < 1.29 is 4.84 Å². The van der Waals surface area contributed by atoms with Gasteiger partial charge >= 0.3 is 0 Å². The van der Waals surface area contributed by atoms with Crippen molar-refractivity contribution in [2.45, 2.75) is 13.5 Å². The highest BCUT2D eigenvalue weighted by atomic mass is 16.7. The molecule has 0 unspecified atom stereocenters. The van der Waals surface area contributed by atoms with E-state index in [0.29, 0.717) is 0 Å². The van der Waals surface area contributed by atoms with E-state index in [2.05, 4.69) is 10.2 Å². The Morgan fingerprint density at radius 1 is 1.36 bits per heavy atom. The monoisotopic (exact) mass is 151 g/mol. The van der Waals surface area contributed by atoms with Crippen LogP contribution >= 0.6 is 0 Å². The van der Waals surface area contributed by atoms with Gasteiger partial charge in [0.2, 0.25) is 0 Å². The molecule has 0 aromatic heterocycles. The van der Waals surface area contributed by atoms with Gasteiger partial charge in [-0.15, -0.1) is 4.91 Å². The Morgan fingerprint density at radius 3 is 2.55 bits per heavy atom. The summed E-state index contributed by atoms with van der Waals surface area (Å²) in [5, 5.41) is 2.30. The SMILES string of the molecule is Cc1ccc(CON=O)cc1. The number of hydrogen-bond acceptors (Lipinski definition) is 3. The van der Waals surface area contributed by atoms with Gasteiger partial charge in [0.05, 0.1) is 0 Å². The van der Waals surface area contributed by atoms with Crippen molar-refractivity contribution in [3.8, 4) is 0 Å². The topological polar surface area (TPSA) is 38.7 Å². The lowest BCUT2D eigenvalue weighted by Gasteiger charge is -1.96. The van der Waals surface area contributed by atoms with E-state index in [1.807, 2.05) is 31.2 Å². The molecule has 0 heterocycles. The van der Waals surface area contributed by atoms with E-state index in [9.17, 15) is 4.91 Å². The summed E-state index contributed by atoms with van der Waals surface area (Å²) in [4.78, 5) is 13.9. The van der Waals surface area contributed by atoms with Crippen molar-refractivity contribution in [1.82, 2.24) is 0 Å². The largest absolute Gasteiger partial charge is 0.359 e. The molecule has 0 atom stereocenters. The molecule has 0 aliphatic carbocycles. The third-order valence-corrected chi connectivity index (χ3v) is 1.40. The zero-order valence-electron chi connectivity index (χ0n) is 6.28. The first-order chi connectivity index (χ1) is 5.33. The van der Waals surface area contributed by atoms with E-state index in [1.165, 1.54) is 5.56 Å². The van der Waals surface area contributed by atoms with Crippen molar-refractivity contribution in [3.63, 3.8) is 0 Å². The fourth-order valence-corrected chi connectivity index (χ4v) is 0.785. The molecule has 0 amide bonds. The average Bonchev–Trinajstić information content (AvgIpc) is 2.04. The summed E-state index contributed by atoms with van der Waals surface area (Å²) < 4.78 is 0. The number of rotatable bonds is 3. The minimum atomic E-state index is 0.254. The highest BCUT2D eigenvalue weighted by Crippen LogP contribution is 2.03. The Balaban J connectivity index is 2.58. The Morgan fingerprint density at radius 2 is 2.00 bits per heavy atom. The molecular weight excluding hydrogens is 142 g/mol. The summed E-state index contributed by atoms with van der Waals surface area (Å²) in [7, 11) is 0. The number of aryl methyl sites for hydroxylation is 1. The van der Waals surface area contributed by atoms with Crippen LogP contribution in [-0.2, 0) is 11.4 Å². The first kappa shape index (κ1) is 7.72. The van der Waals surface area contributed by atoms with Crippen molar-refractivity contribution >= 4 is 0 Å². The van der Waals surface area contributed by atoms with Crippen LogP contribution in [0.5, 0.6) is 0 Å². The summed E-state index contributed by atoms with van der Waals surface area (Å²) >= 11 is 0. The first-order valence-corrected chi connectivity index (χ1v) is 3.33. The predicted octanol–water partition coefficient (Wildman–Crippen LogP) is 2.19. The Bertz CT molecular complexity index is 230. The zero-order valence-corrected chi connectivity index (χ0v) is 6.28. The van der Waals surface area contributed by atoms with Crippen LogP contribution in [0.15, 0.2) is 29.6 Å². The van der Waals surface area contributed by atoms with E-state index < -0.39 is 0 Å². The van der Waals surface area contributed by atoms with Crippen LogP contribution in [-0.4, -0.2) is 0 Å². The van der Waals surface area contributed by atoms with Gasteiger partial charge in [-0.2, -0.15) is 0 Å². The highest BCUT2D eigenvalue weighted by molar-refractivity contribution is 5.20. The summed E-state index contributed by atoms with van der Waals surface area (Å²) in [6.45, 7) is 2.26. The number of nitrogens with zero attached hydrogens (tertiary/aromatic N) is 1. The van der Waals surface area contributed by atoms with Crippen LogP contribution < -0.4 is 0 Å². The fourth-order valence-electron chi connectivity index (χ4n) is 0.785. The Hall–Kier alpha value is -1.38. The number of benzene rings is 1. The minimum Gasteiger partial charge on any atom is -0.359 e. The van der Waals surface area contributed by atoms with Gasteiger partial charge in [-0.3, -0.25) is 0 Å². The highest BCUT2D eigenvalue weighted by Gasteiger charge is 1.91. The maximum Gasteiger partial charge on any atom is 0.155 e. The van der Waals surface area contributed by atoms with Crippen LogP contribution in [0.4, 0.5) is 0 Å². The molecule has 11 heavy (non-hydrogen) atoms. The van der Waals surface area contributed by atoms with E-state index in [0.717, 1.165) is 5.56 Å². The molecule has 0 fully saturated rings. The normalized spacial score (nSPS) is 9.18. The maximum absolute atomic E-state index is 9.57. The average molecular weight is 151 g/mol. The minimum absolute atomic E-state index is 0.254. The second-order valence-corrected chi connectivity index (χ2v) is 2.33. The third kappa shape index (κ3) is 2.37. The molecule has 58 valence electrons. The van der Waals surface area contributed by atoms with E-state index in [1.54, 1.807) is 0 Å². The molecule has 0 N–H and O–H groups in total. The lowest BCUT2D eigenvalue weighted by Crippen LogP contribution is -1.85. The zero-order chi connectivity index (χ0) is 8.10. The van der Waals surface area contributed by atoms with Crippen LogP contribution in [0, 0.1) is 11.8 Å². The second kappa shape index (κ2) is 3.71. The molecular formula is C8H9NO2. The van der Waals surface area contributed by atoms with Gasteiger partial charge in [-0.25, -0.2) is 0 Å². The molecule has 1 rings (SSSR count). The smallest absolute Gasteiger partial charge is 0.155 e. The van der Waals surface area contributed by atoms with Crippen LogP contribution in [0.25, 0.3) is 0 Å². The van der Waals surface area contributed by atoms with Crippen molar-refractivity contribution in [1.29, 1.82) is 0 Å². The molecule has 0 saturated carbocycles. The van der Waals surface area contributed by atoms with E-state index in [-0.39, 0.29) is 6.61 Å². The van der Waals surface area contributed by atoms with Gasteiger partial charge in [-0.05, 0) is 12.5 Å². The van der Waals surface area contributed by atoms with E-state index in [4.69, 9.17) is 0 Å². The van der Waals surface area contributed by atoms with Gasteiger partial charge < -0.3 is 4.84 Å². The van der Waals surface area contributed by atoms with Crippen molar-refractivity contribution in [3.05, 3.63) is 40.3 Å². The first-order valence-electron chi connectivity index (χ1n) is 3.33. The predicted molar refractivity (Wildman–Crippen MR) is 41.8 cm³/mol.